The molecule has 1 fully saturated rings. The van der Waals surface area contributed by atoms with E-state index in [9.17, 15) is 5.26 Å². The van der Waals surface area contributed by atoms with E-state index in [0.29, 0.717) is 0 Å². The molecule has 0 radical (unpaired) electrons. The molecule has 3 aromatic carbocycles. The van der Waals surface area contributed by atoms with E-state index < -0.39 is 11.0 Å². The highest BCUT2D eigenvalue weighted by atomic mass is 15.6. The first kappa shape index (κ1) is 23.8. The number of rotatable bonds is 5. The summed E-state index contributed by atoms with van der Waals surface area (Å²) in [6.07, 6.45) is 10.9. The summed E-state index contributed by atoms with van der Waals surface area (Å²) < 4.78 is 0. The number of aliphatic imine (C=N–C) groups is 1. The van der Waals surface area contributed by atoms with Crippen LogP contribution in [-0.4, -0.2) is 17.8 Å². The molecule has 6 heteroatoms. The molecule has 0 bridgehead atoms. The minimum atomic E-state index is -0.530. The van der Waals surface area contributed by atoms with Gasteiger partial charge in [-0.3, -0.25) is 5.01 Å². The number of nitriles is 1. The SMILES string of the molecule is CC(C)(C#N)c1ccc(N2NCC3C=CC=C4N=C(c5cccc(Nc6ccc(N)cc6)c5)C=CC432)cc1. The van der Waals surface area contributed by atoms with Crippen molar-refractivity contribution in [2.24, 2.45) is 10.9 Å². The van der Waals surface area contributed by atoms with Crippen molar-refractivity contribution in [2.45, 2.75) is 24.8 Å². The van der Waals surface area contributed by atoms with Gasteiger partial charge in [-0.15, -0.1) is 0 Å². The molecular weight excluding hydrogens is 468 g/mol. The Labute approximate surface area is 223 Å². The third-order valence-electron chi connectivity index (χ3n) is 7.63. The van der Waals surface area contributed by atoms with Gasteiger partial charge in [-0.05, 0) is 86.2 Å². The van der Waals surface area contributed by atoms with Gasteiger partial charge in [-0.1, -0.05) is 36.4 Å². The Morgan fingerprint density at radius 2 is 1.87 bits per heavy atom. The number of allylic oxidation sites excluding steroid dienone is 3. The third-order valence-corrected chi connectivity index (χ3v) is 7.63. The number of nitrogens with zero attached hydrogens (tertiary/aromatic N) is 3. The van der Waals surface area contributed by atoms with E-state index in [1.54, 1.807) is 0 Å². The number of dihydropyridines is 1. The number of hydrogen-bond donors (Lipinski definition) is 3. The second-order valence-corrected chi connectivity index (χ2v) is 10.5. The van der Waals surface area contributed by atoms with Crippen molar-refractivity contribution in [2.75, 3.05) is 22.6 Å². The van der Waals surface area contributed by atoms with E-state index in [4.69, 9.17) is 10.7 Å². The molecule has 2 aliphatic heterocycles. The first-order valence-electron chi connectivity index (χ1n) is 12.8. The smallest absolute Gasteiger partial charge is 0.124 e. The Morgan fingerprint density at radius 1 is 1.08 bits per heavy atom. The fourth-order valence-electron chi connectivity index (χ4n) is 5.41. The van der Waals surface area contributed by atoms with Crippen molar-refractivity contribution in [1.82, 2.24) is 5.43 Å². The zero-order valence-electron chi connectivity index (χ0n) is 21.5. The number of hydrogen-bond acceptors (Lipinski definition) is 6. The zero-order valence-corrected chi connectivity index (χ0v) is 21.5. The Kier molecular flexibility index (Phi) is 5.67. The number of nitrogen functional groups attached to an aromatic ring is 1. The third kappa shape index (κ3) is 3.98. The van der Waals surface area contributed by atoms with E-state index in [2.05, 4.69) is 76.5 Å². The predicted molar refractivity (Wildman–Crippen MR) is 155 cm³/mol. The average molecular weight is 499 g/mol. The Balaban J connectivity index is 1.31. The molecular formula is C32H30N6. The van der Waals surface area contributed by atoms with Crippen molar-refractivity contribution >= 4 is 28.5 Å². The summed E-state index contributed by atoms with van der Waals surface area (Å²) >= 11 is 0. The van der Waals surface area contributed by atoms with Crippen LogP contribution in [0.5, 0.6) is 0 Å². The molecule has 188 valence electrons. The fourth-order valence-corrected chi connectivity index (χ4v) is 5.41. The predicted octanol–water partition coefficient (Wildman–Crippen LogP) is 6.01. The molecule has 38 heavy (non-hydrogen) atoms. The molecule has 2 heterocycles. The lowest BCUT2D eigenvalue weighted by molar-refractivity contribution is 0.504. The second kappa shape index (κ2) is 9.05. The normalized spacial score (nSPS) is 21.7. The highest BCUT2D eigenvalue weighted by Crippen LogP contribution is 2.45. The lowest BCUT2D eigenvalue weighted by Gasteiger charge is -2.42. The summed E-state index contributed by atoms with van der Waals surface area (Å²) in [6.45, 7) is 4.70. The van der Waals surface area contributed by atoms with Gasteiger partial charge in [0.25, 0.3) is 0 Å². The van der Waals surface area contributed by atoms with Gasteiger partial charge in [-0.25, -0.2) is 10.4 Å². The van der Waals surface area contributed by atoms with Gasteiger partial charge in [0.05, 0.1) is 28.6 Å². The van der Waals surface area contributed by atoms with E-state index in [1.807, 2.05) is 62.4 Å². The summed E-state index contributed by atoms with van der Waals surface area (Å²) in [5.41, 5.74) is 16.2. The first-order valence-corrected chi connectivity index (χ1v) is 12.8. The summed E-state index contributed by atoms with van der Waals surface area (Å²) in [4.78, 5) is 5.18. The number of nitrogens with two attached hydrogens (primary N) is 1. The topological polar surface area (TPSA) is 89.5 Å². The molecule has 0 aromatic heterocycles. The van der Waals surface area contributed by atoms with Crippen molar-refractivity contribution < 1.29 is 0 Å². The Bertz CT molecular complexity index is 1540. The largest absolute Gasteiger partial charge is 0.399 e. The molecule has 1 spiro atoms. The molecule has 3 aliphatic rings. The molecule has 1 saturated heterocycles. The maximum absolute atomic E-state index is 9.54. The van der Waals surface area contributed by atoms with Crippen molar-refractivity contribution in [3.8, 4) is 6.07 Å². The molecule has 4 N–H and O–H groups in total. The Hall–Kier alpha value is -4.60. The van der Waals surface area contributed by atoms with Crippen LogP contribution in [0.15, 0.2) is 114 Å². The number of hydrazine groups is 1. The van der Waals surface area contributed by atoms with Gasteiger partial charge in [0.1, 0.15) is 5.54 Å². The summed E-state index contributed by atoms with van der Waals surface area (Å²) in [5, 5.41) is 15.2. The maximum atomic E-state index is 9.54. The van der Waals surface area contributed by atoms with Crippen molar-refractivity contribution in [3.63, 3.8) is 0 Å². The van der Waals surface area contributed by atoms with E-state index in [0.717, 1.165) is 51.8 Å². The molecule has 2 unspecified atom stereocenters. The van der Waals surface area contributed by atoms with Gasteiger partial charge in [0.15, 0.2) is 0 Å². The zero-order chi connectivity index (χ0) is 26.3. The highest BCUT2D eigenvalue weighted by Gasteiger charge is 2.51. The highest BCUT2D eigenvalue weighted by molar-refractivity contribution is 6.11. The van der Waals surface area contributed by atoms with Gasteiger partial charge >= 0.3 is 0 Å². The van der Waals surface area contributed by atoms with E-state index >= 15 is 0 Å². The molecule has 0 saturated carbocycles. The number of benzene rings is 3. The van der Waals surface area contributed by atoms with Crippen LogP contribution in [0, 0.1) is 17.2 Å². The van der Waals surface area contributed by atoms with Crippen LogP contribution < -0.4 is 21.5 Å². The van der Waals surface area contributed by atoms with Gasteiger partial charge in [-0.2, -0.15) is 5.26 Å². The summed E-state index contributed by atoms with van der Waals surface area (Å²) in [6, 6.07) is 26.7. The van der Waals surface area contributed by atoms with Gasteiger partial charge in [0, 0.05) is 35.1 Å². The lowest BCUT2D eigenvalue weighted by atomic mass is 9.76. The first-order chi connectivity index (χ1) is 18.4. The van der Waals surface area contributed by atoms with Crippen LogP contribution in [0.2, 0.25) is 0 Å². The monoisotopic (exact) mass is 498 g/mol. The molecule has 2 atom stereocenters. The minimum absolute atomic E-state index is 0.248. The quantitative estimate of drug-likeness (QED) is 0.375. The number of nitrogens with one attached hydrogen (secondary N) is 2. The van der Waals surface area contributed by atoms with Crippen molar-refractivity contribution in [3.05, 3.63) is 120 Å². The van der Waals surface area contributed by atoms with Crippen LogP contribution in [0.1, 0.15) is 25.0 Å². The minimum Gasteiger partial charge on any atom is -0.399 e. The van der Waals surface area contributed by atoms with E-state index in [1.165, 1.54) is 0 Å². The second-order valence-electron chi connectivity index (χ2n) is 10.5. The van der Waals surface area contributed by atoms with Gasteiger partial charge < -0.3 is 11.1 Å². The van der Waals surface area contributed by atoms with Crippen LogP contribution >= 0.6 is 0 Å². The maximum Gasteiger partial charge on any atom is 0.124 e. The molecule has 6 rings (SSSR count). The molecule has 0 amide bonds. The van der Waals surface area contributed by atoms with Gasteiger partial charge in [0.2, 0.25) is 0 Å². The molecule has 6 nitrogen and oxygen atoms in total. The lowest BCUT2D eigenvalue weighted by Crippen LogP contribution is -2.52. The summed E-state index contributed by atoms with van der Waals surface area (Å²) in [5.74, 6) is 0.248. The molecule has 3 aromatic rings. The number of anilines is 4. The molecule has 1 aliphatic carbocycles. The van der Waals surface area contributed by atoms with Crippen LogP contribution in [-0.2, 0) is 5.41 Å². The standard InChI is InChI=1S/C32H30N6/c1-31(2,21-33)23-9-15-28(16-10-23)38-32-18-17-29(37-30(32)8-4-6-24(32)20-35-38)22-5-3-7-27(19-22)36-26-13-11-25(34)12-14-26/h3-19,24,35-36H,20,34H2,1-2H3. The summed E-state index contributed by atoms with van der Waals surface area (Å²) in [7, 11) is 0. The van der Waals surface area contributed by atoms with Crippen LogP contribution in [0.4, 0.5) is 22.7 Å². The average Bonchev–Trinajstić information content (AvgIpc) is 3.32. The van der Waals surface area contributed by atoms with Crippen LogP contribution in [0.25, 0.3) is 0 Å². The Morgan fingerprint density at radius 3 is 2.63 bits per heavy atom. The van der Waals surface area contributed by atoms with Crippen molar-refractivity contribution in [1.29, 1.82) is 5.26 Å². The van der Waals surface area contributed by atoms with E-state index in [-0.39, 0.29) is 5.92 Å². The van der Waals surface area contributed by atoms with Crippen LogP contribution in [0.3, 0.4) is 0 Å². The fraction of sp³-hybridized carbons (Fsp3) is 0.188.